The molecule has 0 amide bonds. The average molecular weight is 478 g/mol. The number of halogens is 1. The smallest absolute Gasteiger partial charge is 0.305 e. The summed E-state index contributed by atoms with van der Waals surface area (Å²) < 4.78 is 7.68. The summed E-state index contributed by atoms with van der Waals surface area (Å²) in [6.45, 7) is 1.47. The summed E-state index contributed by atoms with van der Waals surface area (Å²) in [4.78, 5) is 20.4. The lowest BCUT2D eigenvalue weighted by Gasteiger charge is -2.18. The van der Waals surface area contributed by atoms with Gasteiger partial charge >= 0.3 is 5.97 Å². The highest BCUT2D eigenvalue weighted by atomic mass is 35.5. The molecule has 0 radical (unpaired) electrons. The molecule has 0 saturated heterocycles. The minimum absolute atomic E-state index is 0.139. The third-order valence-electron chi connectivity index (χ3n) is 5.92. The average Bonchev–Trinajstić information content (AvgIpc) is 3.25. The highest BCUT2D eigenvalue weighted by Crippen LogP contribution is 2.29. The number of fused-ring (bicyclic) bond motifs is 2. The zero-order valence-corrected chi connectivity index (χ0v) is 19.2. The van der Waals surface area contributed by atoms with Crippen molar-refractivity contribution < 1.29 is 14.6 Å². The van der Waals surface area contributed by atoms with Gasteiger partial charge in [-0.15, -0.1) is 0 Å². The van der Waals surface area contributed by atoms with E-state index in [0.717, 1.165) is 47.6 Å². The van der Waals surface area contributed by atoms with Crippen molar-refractivity contribution in [1.82, 2.24) is 19.7 Å². The fraction of sp³-hybridized carbons (Fsp3) is 0.280. The van der Waals surface area contributed by atoms with Crippen molar-refractivity contribution in [2.75, 3.05) is 18.5 Å². The van der Waals surface area contributed by atoms with Gasteiger partial charge in [-0.1, -0.05) is 17.7 Å². The van der Waals surface area contributed by atoms with E-state index >= 15 is 0 Å². The number of benzene rings is 1. The molecule has 1 aliphatic rings. The van der Waals surface area contributed by atoms with Gasteiger partial charge in [-0.3, -0.25) is 14.5 Å². The molecule has 8 nitrogen and oxygen atoms in total. The van der Waals surface area contributed by atoms with Crippen molar-refractivity contribution in [1.29, 1.82) is 0 Å². The number of ether oxygens (including phenoxy) is 1. The molecule has 4 aromatic rings. The van der Waals surface area contributed by atoms with Crippen molar-refractivity contribution >= 4 is 34.3 Å². The topological polar surface area (TPSA) is 102 Å². The van der Waals surface area contributed by atoms with Crippen LogP contribution in [0.4, 0.5) is 5.82 Å². The van der Waals surface area contributed by atoms with Gasteiger partial charge in [0.25, 0.3) is 0 Å². The largest absolute Gasteiger partial charge is 0.493 e. The molecule has 1 unspecified atom stereocenters. The zero-order valence-electron chi connectivity index (χ0n) is 18.4. The molecule has 9 heteroatoms. The number of nitrogens with zero attached hydrogens (tertiary/aromatic N) is 4. The molecule has 0 spiro atoms. The second-order valence-corrected chi connectivity index (χ2v) is 8.74. The Morgan fingerprint density at radius 1 is 1.21 bits per heavy atom. The molecule has 174 valence electrons. The number of anilines is 1. The normalized spacial score (nSPS) is 13.8. The molecule has 0 fully saturated rings. The second-order valence-electron chi connectivity index (χ2n) is 8.30. The van der Waals surface area contributed by atoms with E-state index in [0.29, 0.717) is 23.6 Å². The van der Waals surface area contributed by atoms with Gasteiger partial charge in [0, 0.05) is 36.4 Å². The third kappa shape index (κ3) is 4.82. The van der Waals surface area contributed by atoms with Crippen molar-refractivity contribution in [2.45, 2.75) is 31.7 Å². The van der Waals surface area contributed by atoms with Crippen molar-refractivity contribution in [3.63, 3.8) is 0 Å². The zero-order chi connectivity index (χ0) is 23.5. The van der Waals surface area contributed by atoms with Gasteiger partial charge in [-0.05, 0) is 54.3 Å². The van der Waals surface area contributed by atoms with E-state index in [9.17, 15) is 9.90 Å². The molecule has 1 aliphatic heterocycles. The van der Waals surface area contributed by atoms with Gasteiger partial charge in [-0.2, -0.15) is 5.10 Å². The molecule has 5 rings (SSSR count). The summed E-state index contributed by atoms with van der Waals surface area (Å²) in [6.07, 6.45) is 7.63. The van der Waals surface area contributed by atoms with E-state index in [1.54, 1.807) is 23.1 Å². The van der Waals surface area contributed by atoms with Crippen LogP contribution in [0.3, 0.4) is 0 Å². The maximum absolute atomic E-state index is 11.5. The van der Waals surface area contributed by atoms with Crippen LogP contribution in [0.1, 0.15) is 35.7 Å². The van der Waals surface area contributed by atoms with Crippen LogP contribution in [-0.4, -0.2) is 44.0 Å². The number of carboxylic acid groups (broad SMARTS) is 1. The van der Waals surface area contributed by atoms with Crippen LogP contribution in [0.2, 0.25) is 5.02 Å². The molecular formula is C25H24ClN5O3. The van der Waals surface area contributed by atoms with Gasteiger partial charge in [0.05, 0.1) is 35.8 Å². The van der Waals surface area contributed by atoms with Gasteiger partial charge in [-0.25, -0.2) is 4.98 Å². The first-order chi connectivity index (χ1) is 16.6. The lowest BCUT2D eigenvalue weighted by molar-refractivity contribution is -0.137. The molecule has 2 N–H and O–H groups in total. The van der Waals surface area contributed by atoms with Crippen molar-refractivity contribution in [3.8, 4) is 5.75 Å². The second kappa shape index (κ2) is 9.69. The molecular weight excluding hydrogens is 454 g/mol. The summed E-state index contributed by atoms with van der Waals surface area (Å²) in [5, 5.41) is 18.6. The lowest BCUT2D eigenvalue weighted by Crippen LogP contribution is -2.16. The van der Waals surface area contributed by atoms with Gasteiger partial charge in [0.15, 0.2) is 0 Å². The minimum Gasteiger partial charge on any atom is -0.493 e. The first-order valence-corrected chi connectivity index (χ1v) is 11.6. The number of nitrogens with one attached hydrogen (secondary N) is 1. The monoisotopic (exact) mass is 477 g/mol. The number of carboxylic acids is 1. The molecule has 0 aliphatic carbocycles. The van der Waals surface area contributed by atoms with Crippen LogP contribution in [-0.2, 0) is 17.6 Å². The van der Waals surface area contributed by atoms with Crippen LogP contribution in [0, 0.1) is 0 Å². The number of pyridine rings is 2. The first kappa shape index (κ1) is 22.2. The Morgan fingerprint density at radius 3 is 2.97 bits per heavy atom. The summed E-state index contributed by atoms with van der Waals surface area (Å²) >= 11 is 6.09. The van der Waals surface area contributed by atoms with Gasteiger partial charge < -0.3 is 15.2 Å². The Morgan fingerprint density at radius 2 is 2.12 bits per heavy atom. The van der Waals surface area contributed by atoms with Crippen LogP contribution in [0.25, 0.3) is 10.9 Å². The number of aliphatic carboxylic acids is 1. The predicted octanol–water partition coefficient (Wildman–Crippen LogP) is 4.52. The van der Waals surface area contributed by atoms with Crippen LogP contribution in [0.15, 0.2) is 55.0 Å². The SMILES string of the molecule is O=C(O)CC(c1cncc(Cl)c1)n1ncc2cc(OCCc3ccc4c(n3)NCCC4)ccc21. The van der Waals surface area contributed by atoms with Crippen molar-refractivity contribution in [2.24, 2.45) is 0 Å². The highest BCUT2D eigenvalue weighted by Gasteiger charge is 2.21. The Labute approximate surface area is 201 Å². The number of hydrogen-bond donors (Lipinski definition) is 2. The number of rotatable bonds is 8. The molecule has 0 saturated carbocycles. The Hall–Kier alpha value is -3.65. The molecule has 4 heterocycles. The van der Waals surface area contributed by atoms with Crippen LogP contribution >= 0.6 is 11.6 Å². The fourth-order valence-corrected chi connectivity index (χ4v) is 4.45. The quantitative estimate of drug-likeness (QED) is 0.384. The minimum atomic E-state index is -0.931. The summed E-state index contributed by atoms with van der Waals surface area (Å²) in [5.74, 6) is 0.783. The fourth-order valence-electron chi connectivity index (χ4n) is 4.27. The summed E-state index contributed by atoms with van der Waals surface area (Å²) in [7, 11) is 0. The summed E-state index contributed by atoms with van der Waals surface area (Å²) in [5.41, 5.74) is 3.76. The van der Waals surface area contributed by atoms with E-state index in [4.69, 9.17) is 21.3 Å². The Bertz CT molecular complexity index is 1340. The van der Waals surface area contributed by atoms with E-state index in [1.807, 2.05) is 18.2 Å². The number of hydrogen-bond acceptors (Lipinski definition) is 6. The molecule has 1 aromatic carbocycles. The standard InChI is InChI=1S/C25H24ClN5O3/c26-19-10-17(13-27-15-19)23(12-24(32)33)31-22-6-5-21(11-18(22)14-29-31)34-9-7-20-4-3-16-2-1-8-28-25(16)30-20/h3-6,10-11,13-15,23H,1-2,7-9,12H2,(H,28,30)(H,32,33). The van der Waals surface area contributed by atoms with E-state index < -0.39 is 12.0 Å². The molecule has 0 bridgehead atoms. The number of aryl methyl sites for hydroxylation is 1. The van der Waals surface area contributed by atoms with E-state index in [2.05, 4.69) is 27.5 Å². The predicted molar refractivity (Wildman–Crippen MR) is 130 cm³/mol. The Balaban J connectivity index is 1.31. The maximum Gasteiger partial charge on any atom is 0.305 e. The number of aromatic nitrogens is 4. The highest BCUT2D eigenvalue weighted by molar-refractivity contribution is 6.30. The van der Waals surface area contributed by atoms with E-state index in [1.165, 1.54) is 11.8 Å². The maximum atomic E-state index is 11.5. The van der Waals surface area contributed by atoms with Gasteiger partial charge in [0.2, 0.25) is 0 Å². The molecule has 3 aromatic heterocycles. The van der Waals surface area contributed by atoms with Gasteiger partial charge in [0.1, 0.15) is 11.6 Å². The number of carbonyl (C=O) groups is 1. The third-order valence-corrected chi connectivity index (χ3v) is 6.13. The molecule has 34 heavy (non-hydrogen) atoms. The van der Waals surface area contributed by atoms with Crippen molar-refractivity contribution in [3.05, 3.63) is 76.8 Å². The first-order valence-electron chi connectivity index (χ1n) is 11.2. The van der Waals surface area contributed by atoms with E-state index in [-0.39, 0.29) is 6.42 Å². The summed E-state index contributed by atoms with van der Waals surface area (Å²) in [6, 6.07) is 11.1. The van der Waals surface area contributed by atoms with Crippen LogP contribution in [0.5, 0.6) is 5.75 Å². The lowest BCUT2D eigenvalue weighted by atomic mass is 10.1. The Kier molecular flexibility index (Phi) is 6.31. The van der Waals surface area contributed by atoms with Crippen LogP contribution < -0.4 is 10.1 Å². The molecule has 1 atom stereocenters.